The molecule has 3 heterocycles. The van der Waals surface area contributed by atoms with Gasteiger partial charge in [-0.05, 0) is 55.0 Å². The third-order valence-corrected chi connectivity index (χ3v) is 9.83. The van der Waals surface area contributed by atoms with Gasteiger partial charge in [-0.15, -0.1) is 0 Å². The number of amides is 4. The van der Waals surface area contributed by atoms with Crippen LogP contribution >= 0.6 is 11.6 Å². The van der Waals surface area contributed by atoms with Crippen LogP contribution in [0.5, 0.6) is 0 Å². The highest BCUT2D eigenvalue weighted by atomic mass is 35.5. The van der Waals surface area contributed by atoms with Crippen LogP contribution in [0, 0.1) is 5.41 Å². The fourth-order valence-electron chi connectivity index (χ4n) is 6.69. The molecule has 1 aliphatic carbocycles. The van der Waals surface area contributed by atoms with Crippen LogP contribution in [0.1, 0.15) is 82.3 Å². The number of halogens is 1. The summed E-state index contributed by atoms with van der Waals surface area (Å²) in [4.78, 5) is 76.3. The molecule has 1 spiro atoms. The van der Waals surface area contributed by atoms with Crippen molar-refractivity contribution >= 4 is 46.7 Å². The van der Waals surface area contributed by atoms with E-state index in [4.69, 9.17) is 16.4 Å². The lowest BCUT2D eigenvalue weighted by Crippen LogP contribution is -2.59. The molecule has 1 saturated carbocycles. The Bertz CT molecular complexity index is 1880. The fourth-order valence-corrected chi connectivity index (χ4v) is 6.88. The number of hydrogen-bond donors (Lipinski definition) is 3. The molecule has 0 bridgehead atoms. The highest BCUT2D eigenvalue weighted by molar-refractivity contribution is 6.38. The van der Waals surface area contributed by atoms with Gasteiger partial charge in [0.15, 0.2) is 5.60 Å². The number of nitrogens with zero attached hydrogens (tertiary/aromatic N) is 4. The topological polar surface area (TPSA) is 164 Å². The van der Waals surface area contributed by atoms with E-state index in [1.165, 1.54) is 15.8 Å². The first-order valence-corrected chi connectivity index (χ1v) is 18.0. The summed E-state index contributed by atoms with van der Waals surface area (Å²) in [5.41, 5.74) is 0.389. The van der Waals surface area contributed by atoms with Crippen molar-refractivity contribution in [3.63, 3.8) is 0 Å². The Morgan fingerprint density at radius 1 is 1.02 bits per heavy atom. The smallest absolute Gasteiger partial charge is 0.289 e. The second kappa shape index (κ2) is 14.9. The van der Waals surface area contributed by atoms with E-state index in [-0.39, 0.29) is 37.5 Å². The summed E-state index contributed by atoms with van der Waals surface area (Å²) in [6, 6.07) is 14.6. The third-order valence-electron chi connectivity index (χ3n) is 9.59. The molecule has 3 N–H and O–H groups in total. The normalized spacial score (nSPS) is 20.8. The van der Waals surface area contributed by atoms with E-state index in [0.717, 1.165) is 18.4 Å². The van der Waals surface area contributed by atoms with E-state index < -0.39 is 58.6 Å². The standard InChI is InChI=1S/C38H44ClN7O6/c1-5-10-27(31(47)35(50)41-25-15-16-25)42-34(49)30-21-38(20-28(44-52-38)23-11-9-12-24(39)19-23)22-45(30)36(51)32(37(2,3)4)43-33(48)29-17-18-40-46(29)26-13-7-6-8-14-26/h6-9,11-14,17-19,25,27,30,32H,5,10,15-16,20-22H2,1-4H3,(H,41,50)(H,42,49)(H,43,48)/t27-,30-,32+,38+/m0/s1. The Morgan fingerprint density at radius 2 is 1.77 bits per heavy atom. The number of ketones is 1. The number of likely N-dealkylation sites (tertiary alicyclic amines) is 1. The first kappa shape index (κ1) is 36.7. The molecule has 3 aromatic rings. The van der Waals surface area contributed by atoms with Crippen LogP contribution in [0.4, 0.5) is 0 Å². The van der Waals surface area contributed by atoms with Gasteiger partial charge >= 0.3 is 0 Å². The highest BCUT2D eigenvalue weighted by Gasteiger charge is 2.55. The number of rotatable bonds is 12. The minimum atomic E-state index is -1.10. The molecule has 2 fully saturated rings. The Labute approximate surface area is 307 Å². The summed E-state index contributed by atoms with van der Waals surface area (Å²) < 4.78 is 1.49. The number of hydrogen-bond acceptors (Lipinski definition) is 8. The van der Waals surface area contributed by atoms with Gasteiger partial charge in [-0.3, -0.25) is 24.0 Å². The van der Waals surface area contributed by atoms with E-state index in [0.29, 0.717) is 22.8 Å². The molecule has 52 heavy (non-hydrogen) atoms. The van der Waals surface area contributed by atoms with Crippen molar-refractivity contribution in [2.45, 2.75) is 96.0 Å². The molecule has 274 valence electrons. The molecule has 1 saturated heterocycles. The van der Waals surface area contributed by atoms with Gasteiger partial charge in [0, 0.05) is 29.5 Å². The Morgan fingerprint density at radius 3 is 2.44 bits per heavy atom. The van der Waals surface area contributed by atoms with Crippen molar-refractivity contribution in [3.8, 4) is 5.69 Å². The summed E-state index contributed by atoms with van der Waals surface area (Å²) in [6.45, 7) is 7.31. The van der Waals surface area contributed by atoms with Crippen LogP contribution in [-0.4, -0.2) is 86.1 Å². The molecule has 4 atom stereocenters. The van der Waals surface area contributed by atoms with Gasteiger partial charge in [0.2, 0.25) is 17.6 Å². The minimum Gasteiger partial charge on any atom is -0.387 e. The van der Waals surface area contributed by atoms with Crippen LogP contribution in [0.15, 0.2) is 72.0 Å². The summed E-state index contributed by atoms with van der Waals surface area (Å²) in [5.74, 6) is -3.10. The number of carbonyl (C=O) groups excluding carboxylic acids is 5. The zero-order valence-corrected chi connectivity index (χ0v) is 30.5. The van der Waals surface area contributed by atoms with Gasteiger partial charge in [0.25, 0.3) is 11.8 Å². The van der Waals surface area contributed by atoms with Gasteiger partial charge in [-0.2, -0.15) is 5.10 Å². The van der Waals surface area contributed by atoms with Gasteiger partial charge in [0.1, 0.15) is 17.8 Å². The summed E-state index contributed by atoms with van der Waals surface area (Å²) >= 11 is 6.26. The number of nitrogens with one attached hydrogen (secondary N) is 3. The van der Waals surface area contributed by atoms with E-state index in [9.17, 15) is 24.0 Å². The predicted molar refractivity (Wildman–Crippen MR) is 194 cm³/mol. The van der Waals surface area contributed by atoms with Crippen LogP contribution in [-0.2, 0) is 24.0 Å². The third kappa shape index (κ3) is 8.04. The number of para-hydroxylation sites is 1. The number of benzene rings is 2. The van der Waals surface area contributed by atoms with Gasteiger partial charge in [-0.25, -0.2) is 4.68 Å². The number of oxime groups is 1. The average molecular weight is 730 g/mol. The van der Waals surface area contributed by atoms with Crippen molar-refractivity contribution in [2.75, 3.05) is 6.54 Å². The zero-order chi connectivity index (χ0) is 37.2. The van der Waals surface area contributed by atoms with E-state index in [1.54, 1.807) is 24.3 Å². The molecule has 3 aliphatic rings. The highest BCUT2D eigenvalue weighted by Crippen LogP contribution is 2.40. The van der Waals surface area contributed by atoms with Crippen molar-refractivity contribution in [1.29, 1.82) is 0 Å². The Hall–Kier alpha value is -5.04. The van der Waals surface area contributed by atoms with Crippen molar-refractivity contribution in [3.05, 3.63) is 83.1 Å². The SMILES string of the molecule is CCC[C@H](NC(=O)[C@@H]1C[C@]2(CC(c3cccc(Cl)c3)=NO2)CN1C(=O)[C@@H](NC(=O)c1ccnn1-c1ccccc1)C(C)(C)C)C(=O)C(=O)NC1CC1. The second-order valence-corrected chi connectivity index (χ2v) is 15.3. The molecule has 0 unspecified atom stereocenters. The molecule has 0 radical (unpaired) electrons. The zero-order valence-electron chi connectivity index (χ0n) is 29.7. The largest absolute Gasteiger partial charge is 0.387 e. The van der Waals surface area contributed by atoms with Crippen LogP contribution in [0.25, 0.3) is 5.69 Å². The van der Waals surface area contributed by atoms with Crippen molar-refractivity contribution < 1.29 is 28.8 Å². The van der Waals surface area contributed by atoms with Gasteiger partial charge in [0.05, 0.1) is 30.2 Å². The van der Waals surface area contributed by atoms with E-state index >= 15 is 0 Å². The quantitative estimate of drug-likeness (QED) is 0.238. The predicted octanol–water partition coefficient (Wildman–Crippen LogP) is 3.97. The van der Waals surface area contributed by atoms with Crippen molar-refractivity contribution in [1.82, 2.24) is 30.6 Å². The summed E-state index contributed by atoms with van der Waals surface area (Å²) in [6.07, 6.45) is 4.24. The Balaban J connectivity index is 1.28. The van der Waals surface area contributed by atoms with Crippen LogP contribution < -0.4 is 16.0 Å². The first-order valence-electron chi connectivity index (χ1n) is 17.7. The molecule has 6 rings (SSSR count). The second-order valence-electron chi connectivity index (χ2n) is 14.9. The summed E-state index contributed by atoms with van der Waals surface area (Å²) in [5, 5.41) is 17.6. The summed E-state index contributed by atoms with van der Waals surface area (Å²) in [7, 11) is 0. The minimum absolute atomic E-state index is 0.0174. The molecule has 1 aromatic heterocycles. The van der Waals surface area contributed by atoms with Crippen LogP contribution in [0.3, 0.4) is 0 Å². The monoisotopic (exact) mass is 729 g/mol. The first-order chi connectivity index (χ1) is 24.8. The molecule has 2 aliphatic heterocycles. The molecule has 14 heteroatoms. The van der Waals surface area contributed by atoms with Gasteiger partial charge in [-0.1, -0.05) is 81.2 Å². The van der Waals surface area contributed by atoms with Crippen molar-refractivity contribution in [2.24, 2.45) is 10.6 Å². The van der Waals surface area contributed by atoms with Crippen LogP contribution in [0.2, 0.25) is 5.02 Å². The maximum Gasteiger partial charge on any atom is 0.289 e. The lowest BCUT2D eigenvalue weighted by Gasteiger charge is -2.35. The molecule has 4 amide bonds. The van der Waals surface area contributed by atoms with Gasteiger partial charge < -0.3 is 25.7 Å². The number of carbonyl (C=O) groups is 5. The molecular formula is C38H44ClN7O6. The van der Waals surface area contributed by atoms with E-state index in [2.05, 4.69) is 26.2 Å². The lowest BCUT2D eigenvalue weighted by atomic mass is 9.85. The molecular weight excluding hydrogens is 686 g/mol. The maximum absolute atomic E-state index is 14.8. The average Bonchev–Trinajstić information content (AvgIpc) is 3.48. The molecule has 13 nitrogen and oxygen atoms in total. The fraction of sp³-hybridized carbons (Fsp3) is 0.447. The molecule has 2 aromatic carbocycles. The maximum atomic E-state index is 14.8. The number of Topliss-reactive ketones (excluding diaryl/α,β-unsaturated/α-hetero) is 1. The lowest BCUT2D eigenvalue weighted by molar-refractivity contribution is -0.144. The number of aromatic nitrogens is 2. The van der Waals surface area contributed by atoms with E-state index in [1.807, 2.05) is 64.1 Å². The Kier molecular flexibility index (Phi) is 10.5.